The van der Waals surface area contributed by atoms with E-state index in [1.165, 1.54) is 6.92 Å². The fraction of sp³-hybridized carbons (Fsp3) is 0.429. The minimum Gasteiger partial charge on any atom is -0.325 e. The summed E-state index contributed by atoms with van der Waals surface area (Å²) >= 11 is 0. The molecule has 1 rings (SSSR count). The fourth-order valence-corrected chi connectivity index (χ4v) is 1.40. The molecular weight excluding hydrogens is 228 g/mol. The minimum atomic E-state index is -0.579. The van der Waals surface area contributed by atoms with Crippen LogP contribution in [0, 0.1) is 5.41 Å². The number of ketones is 1. The molecular formula is C14H20N2O2. The third-order valence-corrected chi connectivity index (χ3v) is 2.77. The molecule has 0 radical (unpaired) electrons. The standard InChI is InChI=1S/C14H20N2O2/c1-9(17)10-5-7-11(8-6-10)16-13(18)12(15)14(2,3)4/h5-8,12H,15H2,1-4H3,(H,16,18). The van der Waals surface area contributed by atoms with Crippen molar-refractivity contribution in [2.75, 3.05) is 5.32 Å². The lowest BCUT2D eigenvalue weighted by Gasteiger charge is -2.25. The van der Waals surface area contributed by atoms with Crippen molar-refractivity contribution in [1.82, 2.24) is 0 Å². The van der Waals surface area contributed by atoms with Gasteiger partial charge in [0.1, 0.15) is 0 Å². The van der Waals surface area contributed by atoms with Crippen LogP contribution < -0.4 is 11.1 Å². The van der Waals surface area contributed by atoms with Crippen LogP contribution in [-0.2, 0) is 4.79 Å². The minimum absolute atomic E-state index is 0.000676. The highest BCUT2D eigenvalue weighted by Crippen LogP contribution is 2.19. The molecule has 0 saturated heterocycles. The summed E-state index contributed by atoms with van der Waals surface area (Å²) in [6.07, 6.45) is 0. The molecule has 0 fully saturated rings. The van der Waals surface area contributed by atoms with E-state index in [0.29, 0.717) is 11.3 Å². The third-order valence-electron chi connectivity index (χ3n) is 2.77. The van der Waals surface area contributed by atoms with Crippen molar-refractivity contribution >= 4 is 17.4 Å². The largest absolute Gasteiger partial charge is 0.325 e. The molecule has 0 aliphatic heterocycles. The van der Waals surface area contributed by atoms with E-state index in [1.54, 1.807) is 24.3 Å². The lowest BCUT2D eigenvalue weighted by atomic mass is 9.87. The molecule has 1 atom stereocenters. The summed E-state index contributed by atoms with van der Waals surface area (Å²) in [7, 11) is 0. The second-order valence-electron chi connectivity index (χ2n) is 5.47. The first kappa shape index (κ1) is 14.4. The first-order valence-electron chi connectivity index (χ1n) is 5.89. The number of hydrogen-bond donors (Lipinski definition) is 2. The first-order valence-corrected chi connectivity index (χ1v) is 5.89. The molecule has 0 aliphatic rings. The number of anilines is 1. The Morgan fingerprint density at radius 3 is 2.06 bits per heavy atom. The molecule has 4 nitrogen and oxygen atoms in total. The summed E-state index contributed by atoms with van der Waals surface area (Å²) < 4.78 is 0. The molecule has 0 aliphatic carbocycles. The summed E-state index contributed by atoms with van der Waals surface area (Å²) in [5, 5.41) is 2.74. The first-order chi connectivity index (χ1) is 8.21. The predicted octanol–water partition coefficient (Wildman–Crippen LogP) is 2.20. The molecule has 3 N–H and O–H groups in total. The van der Waals surface area contributed by atoms with Crippen LogP contribution in [0.1, 0.15) is 38.1 Å². The van der Waals surface area contributed by atoms with Crippen LogP contribution in [0.4, 0.5) is 5.69 Å². The average Bonchev–Trinajstić information content (AvgIpc) is 2.27. The molecule has 1 amide bonds. The van der Waals surface area contributed by atoms with Gasteiger partial charge in [0.15, 0.2) is 5.78 Å². The van der Waals surface area contributed by atoms with Gasteiger partial charge in [-0.3, -0.25) is 9.59 Å². The maximum Gasteiger partial charge on any atom is 0.241 e. The maximum atomic E-state index is 11.9. The number of amides is 1. The van der Waals surface area contributed by atoms with E-state index in [-0.39, 0.29) is 17.1 Å². The average molecular weight is 248 g/mol. The summed E-state index contributed by atoms with van der Waals surface area (Å²) in [4.78, 5) is 23.0. The number of carbonyl (C=O) groups excluding carboxylic acids is 2. The number of benzene rings is 1. The van der Waals surface area contributed by atoms with Gasteiger partial charge in [0.2, 0.25) is 5.91 Å². The molecule has 0 aromatic heterocycles. The number of rotatable bonds is 3. The van der Waals surface area contributed by atoms with E-state index in [9.17, 15) is 9.59 Å². The van der Waals surface area contributed by atoms with Crippen LogP contribution in [0.3, 0.4) is 0 Å². The van der Waals surface area contributed by atoms with Crippen molar-refractivity contribution < 1.29 is 9.59 Å². The molecule has 0 bridgehead atoms. The van der Waals surface area contributed by atoms with Crippen LogP contribution in [0.25, 0.3) is 0 Å². The Balaban J connectivity index is 2.74. The Hall–Kier alpha value is -1.68. The number of nitrogens with one attached hydrogen (secondary N) is 1. The van der Waals surface area contributed by atoms with Crippen molar-refractivity contribution in [3.05, 3.63) is 29.8 Å². The Bertz CT molecular complexity index is 444. The molecule has 1 unspecified atom stereocenters. The van der Waals surface area contributed by atoms with Gasteiger partial charge in [-0.1, -0.05) is 20.8 Å². The molecule has 0 saturated carbocycles. The molecule has 1 aromatic carbocycles. The van der Waals surface area contributed by atoms with Gasteiger partial charge >= 0.3 is 0 Å². The lowest BCUT2D eigenvalue weighted by molar-refractivity contribution is -0.119. The Labute approximate surface area is 108 Å². The van der Waals surface area contributed by atoms with Crippen LogP contribution in [0.15, 0.2) is 24.3 Å². The van der Waals surface area contributed by atoms with Gasteiger partial charge in [-0.2, -0.15) is 0 Å². The highest BCUT2D eigenvalue weighted by molar-refractivity contribution is 5.97. The summed E-state index contributed by atoms with van der Waals surface area (Å²) in [6, 6.07) is 6.18. The number of Topliss-reactive ketones (excluding diaryl/α,β-unsaturated/α-hetero) is 1. The van der Waals surface area contributed by atoms with Crippen molar-refractivity contribution in [3.63, 3.8) is 0 Å². The SMILES string of the molecule is CC(=O)c1ccc(NC(=O)C(N)C(C)(C)C)cc1. The number of nitrogens with two attached hydrogens (primary N) is 1. The van der Waals surface area contributed by atoms with Gasteiger partial charge in [-0.25, -0.2) is 0 Å². The van der Waals surface area contributed by atoms with Gasteiger partial charge in [0.25, 0.3) is 0 Å². The van der Waals surface area contributed by atoms with Crippen molar-refractivity contribution in [2.45, 2.75) is 33.7 Å². The monoisotopic (exact) mass is 248 g/mol. The molecule has 18 heavy (non-hydrogen) atoms. The highest BCUT2D eigenvalue weighted by Gasteiger charge is 2.27. The Morgan fingerprint density at radius 1 is 1.17 bits per heavy atom. The van der Waals surface area contributed by atoms with E-state index in [0.717, 1.165) is 0 Å². The van der Waals surface area contributed by atoms with Crippen LogP contribution in [-0.4, -0.2) is 17.7 Å². The Kier molecular flexibility index (Phi) is 4.24. The normalized spacial score (nSPS) is 12.9. The van der Waals surface area contributed by atoms with Gasteiger partial charge in [-0.05, 0) is 36.6 Å². The quantitative estimate of drug-likeness (QED) is 0.805. The fourth-order valence-electron chi connectivity index (χ4n) is 1.40. The molecule has 98 valence electrons. The maximum absolute atomic E-state index is 11.9. The van der Waals surface area contributed by atoms with Gasteiger partial charge in [0, 0.05) is 11.3 Å². The molecule has 4 heteroatoms. The zero-order valence-electron chi connectivity index (χ0n) is 11.3. The summed E-state index contributed by atoms with van der Waals surface area (Å²) in [5.74, 6) is -0.225. The topological polar surface area (TPSA) is 72.2 Å². The third kappa shape index (κ3) is 3.67. The van der Waals surface area contributed by atoms with E-state index >= 15 is 0 Å². The molecule has 0 heterocycles. The van der Waals surface area contributed by atoms with E-state index in [1.807, 2.05) is 20.8 Å². The number of hydrogen-bond acceptors (Lipinski definition) is 3. The van der Waals surface area contributed by atoms with Crippen LogP contribution >= 0.6 is 0 Å². The number of carbonyl (C=O) groups is 2. The lowest BCUT2D eigenvalue weighted by Crippen LogP contribution is -2.45. The van der Waals surface area contributed by atoms with Gasteiger partial charge in [-0.15, -0.1) is 0 Å². The van der Waals surface area contributed by atoms with Crippen LogP contribution in [0.2, 0.25) is 0 Å². The molecule has 0 spiro atoms. The highest BCUT2D eigenvalue weighted by atomic mass is 16.2. The van der Waals surface area contributed by atoms with E-state index < -0.39 is 6.04 Å². The summed E-state index contributed by atoms with van der Waals surface area (Å²) in [5.41, 5.74) is 6.83. The van der Waals surface area contributed by atoms with Crippen molar-refractivity contribution in [2.24, 2.45) is 11.1 Å². The van der Waals surface area contributed by atoms with Crippen LogP contribution in [0.5, 0.6) is 0 Å². The van der Waals surface area contributed by atoms with Gasteiger partial charge in [0.05, 0.1) is 6.04 Å². The summed E-state index contributed by atoms with van der Waals surface area (Å²) in [6.45, 7) is 7.24. The molecule has 1 aromatic rings. The smallest absolute Gasteiger partial charge is 0.241 e. The zero-order chi connectivity index (χ0) is 13.9. The Morgan fingerprint density at radius 2 is 1.67 bits per heavy atom. The van der Waals surface area contributed by atoms with Gasteiger partial charge < -0.3 is 11.1 Å². The van der Waals surface area contributed by atoms with Crippen molar-refractivity contribution in [3.8, 4) is 0 Å². The van der Waals surface area contributed by atoms with E-state index in [2.05, 4.69) is 5.32 Å². The van der Waals surface area contributed by atoms with Crippen molar-refractivity contribution in [1.29, 1.82) is 0 Å². The second kappa shape index (κ2) is 5.31. The zero-order valence-corrected chi connectivity index (χ0v) is 11.3. The predicted molar refractivity (Wildman–Crippen MR) is 72.5 cm³/mol. The van der Waals surface area contributed by atoms with E-state index in [4.69, 9.17) is 5.73 Å². The second-order valence-corrected chi connectivity index (χ2v) is 5.47.